The van der Waals surface area contributed by atoms with Gasteiger partial charge >= 0.3 is 5.97 Å². The fourth-order valence-corrected chi connectivity index (χ4v) is 1.61. The van der Waals surface area contributed by atoms with Crippen LogP contribution in [0.25, 0.3) is 0 Å². The number of aryl methyl sites for hydroxylation is 1. The van der Waals surface area contributed by atoms with Crippen molar-refractivity contribution in [1.82, 2.24) is 9.97 Å². The van der Waals surface area contributed by atoms with E-state index in [0.717, 1.165) is 0 Å². The molecule has 0 aliphatic rings. The molecule has 0 aliphatic heterocycles. The number of carboxylic acid groups (broad SMARTS) is 1. The Morgan fingerprint density at radius 1 is 1.32 bits per heavy atom. The number of carboxylic acids is 1. The third-order valence-corrected chi connectivity index (χ3v) is 2.95. The van der Waals surface area contributed by atoms with Crippen LogP contribution < -0.4 is 4.74 Å². The van der Waals surface area contributed by atoms with Crippen molar-refractivity contribution in [2.75, 3.05) is 0 Å². The predicted octanol–water partition coefficient (Wildman–Crippen LogP) is 3.58. The summed E-state index contributed by atoms with van der Waals surface area (Å²) in [6, 6.07) is 4.60. The summed E-state index contributed by atoms with van der Waals surface area (Å²) in [5, 5.41) is 9.71. The fourth-order valence-electron chi connectivity index (χ4n) is 1.33. The normalized spacial score (nSPS) is 10.3. The molecule has 0 saturated carbocycles. The molecule has 0 unspecified atom stereocenters. The van der Waals surface area contributed by atoms with Crippen molar-refractivity contribution >= 4 is 29.2 Å². The van der Waals surface area contributed by atoms with Gasteiger partial charge in [0.1, 0.15) is 17.1 Å². The summed E-state index contributed by atoms with van der Waals surface area (Å²) < 4.78 is 5.41. The lowest BCUT2D eigenvalue weighted by Gasteiger charge is -2.08. The van der Waals surface area contributed by atoms with Crippen LogP contribution in [-0.2, 0) is 0 Å². The van der Waals surface area contributed by atoms with Gasteiger partial charge in [-0.2, -0.15) is 4.98 Å². The first-order valence-electron chi connectivity index (χ1n) is 5.17. The van der Waals surface area contributed by atoms with Gasteiger partial charge in [-0.3, -0.25) is 0 Å². The first-order valence-corrected chi connectivity index (χ1v) is 5.93. The van der Waals surface area contributed by atoms with Crippen LogP contribution in [0.1, 0.15) is 16.2 Å². The van der Waals surface area contributed by atoms with Crippen LogP contribution in [0.4, 0.5) is 0 Å². The molecular weight excluding hydrogens is 291 g/mol. The molecule has 1 N–H and O–H groups in total. The second kappa shape index (κ2) is 5.42. The minimum absolute atomic E-state index is 0.0432. The smallest absolute Gasteiger partial charge is 0.342 e. The van der Waals surface area contributed by atoms with E-state index in [2.05, 4.69) is 9.97 Å². The molecule has 0 bridgehead atoms. The summed E-state index contributed by atoms with van der Waals surface area (Å²) in [5.41, 5.74) is -0.128. The molecule has 1 aromatic carbocycles. The molecule has 0 amide bonds. The average molecular weight is 299 g/mol. The maximum atomic E-state index is 11.0. The molecule has 2 aromatic rings. The third-order valence-electron chi connectivity index (χ3n) is 2.21. The van der Waals surface area contributed by atoms with E-state index in [4.69, 9.17) is 33.0 Å². The number of aromatic carboxylic acids is 1. The second-order valence-corrected chi connectivity index (χ2v) is 4.43. The van der Waals surface area contributed by atoms with Gasteiger partial charge in [0.15, 0.2) is 0 Å². The minimum Gasteiger partial charge on any atom is -0.477 e. The van der Waals surface area contributed by atoms with Crippen molar-refractivity contribution in [2.24, 2.45) is 0 Å². The summed E-state index contributed by atoms with van der Waals surface area (Å²) in [5.74, 6) is -0.469. The molecule has 0 fully saturated rings. The van der Waals surface area contributed by atoms with Gasteiger partial charge in [0.2, 0.25) is 5.88 Å². The lowest BCUT2D eigenvalue weighted by molar-refractivity contribution is 0.0693. The first kappa shape index (κ1) is 13.6. The molecule has 0 saturated heterocycles. The van der Waals surface area contributed by atoms with Gasteiger partial charge in [-0.05, 0) is 19.1 Å². The highest BCUT2D eigenvalue weighted by Crippen LogP contribution is 2.29. The number of hydrogen-bond donors (Lipinski definition) is 1. The molecule has 2 rings (SSSR count). The monoisotopic (exact) mass is 298 g/mol. The Kier molecular flexibility index (Phi) is 3.87. The third kappa shape index (κ3) is 3.13. The van der Waals surface area contributed by atoms with Crippen LogP contribution in [0.5, 0.6) is 11.6 Å². The highest BCUT2D eigenvalue weighted by atomic mass is 35.5. The van der Waals surface area contributed by atoms with Gasteiger partial charge in [0.25, 0.3) is 0 Å². The van der Waals surface area contributed by atoms with Crippen LogP contribution in [0.3, 0.4) is 0 Å². The molecule has 98 valence electrons. The predicted molar refractivity (Wildman–Crippen MR) is 70.3 cm³/mol. The van der Waals surface area contributed by atoms with E-state index in [1.54, 1.807) is 19.1 Å². The van der Waals surface area contributed by atoms with Crippen LogP contribution in [0, 0.1) is 6.92 Å². The van der Waals surface area contributed by atoms with Gasteiger partial charge in [-0.25, -0.2) is 9.78 Å². The van der Waals surface area contributed by atoms with Crippen LogP contribution in [0.2, 0.25) is 10.0 Å². The van der Waals surface area contributed by atoms with E-state index < -0.39 is 5.97 Å². The lowest BCUT2D eigenvalue weighted by Crippen LogP contribution is -2.04. The van der Waals surface area contributed by atoms with E-state index in [9.17, 15) is 4.79 Å². The van der Waals surface area contributed by atoms with Gasteiger partial charge < -0.3 is 9.84 Å². The van der Waals surface area contributed by atoms with E-state index >= 15 is 0 Å². The van der Waals surface area contributed by atoms with Crippen LogP contribution >= 0.6 is 23.2 Å². The molecule has 0 atom stereocenters. The summed E-state index contributed by atoms with van der Waals surface area (Å²) in [6.45, 7) is 1.63. The zero-order valence-electron chi connectivity index (χ0n) is 9.72. The van der Waals surface area contributed by atoms with Crippen molar-refractivity contribution in [3.05, 3.63) is 45.8 Å². The highest BCUT2D eigenvalue weighted by molar-refractivity contribution is 6.42. The number of nitrogens with zero attached hydrogens (tertiary/aromatic N) is 2. The molecule has 7 heteroatoms. The maximum Gasteiger partial charge on any atom is 0.342 e. The second-order valence-electron chi connectivity index (χ2n) is 3.62. The van der Waals surface area contributed by atoms with E-state index in [1.165, 1.54) is 12.3 Å². The summed E-state index contributed by atoms with van der Waals surface area (Å²) in [4.78, 5) is 18.8. The Morgan fingerprint density at radius 3 is 2.68 bits per heavy atom. The van der Waals surface area contributed by atoms with Crippen LogP contribution in [-0.4, -0.2) is 21.0 Å². The number of aromatic nitrogens is 2. The Labute approximate surface area is 118 Å². The molecular formula is C12H8Cl2N2O3. The average Bonchev–Trinajstić information content (AvgIpc) is 2.33. The first-order chi connectivity index (χ1) is 8.97. The van der Waals surface area contributed by atoms with Crippen molar-refractivity contribution in [2.45, 2.75) is 6.92 Å². The van der Waals surface area contributed by atoms with E-state index in [0.29, 0.717) is 21.6 Å². The Bertz CT molecular complexity index is 647. The zero-order chi connectivity index (χ0) is 14.0. The van der Waals surface area contributed by atoms with Gasteiger partial charge in [0, 0.05) is 12.3 Å². The number of rotatable bonds is 3. The molecule has 0 aliphatic carbocycles. The number of ether oxygens (including phenoxy) is 1. The summed E-state index contributed by atoms with van der Waals surface area (Å²) in [7, 11) is 0. The number of carbonyl (C=O) groups is 1. The zero-order valence-corrected chi connectivity index (χ0v) is 11.2. The van der Waals surface area contributed by atoms with Crippen molar-refractivity contribution in [1.29, 1.82) is 0 Å². The summed E-state index contributed by atoms with van der Waals surface area (Å²) in [6.07, 6.45) is 1.19. The molecule has 0 radical (unpaired) electrons. The quantitative estimate of drug-likeness (QED) is 0.937. The number of benzene rings is 1. The molecule has 1 aromatic heterocycles. The Morgan fingerprint density at radius 2 is 2.05 bits per heavy atom. The SMILES string of the molecule is Cc1ncc(C(=O)O)c(Oc2ccc(Cl)c(Cl)c2)n1. The Hall–Kier alpha value is -1.85. The standard InChI is InChI=1S/C12H8Cl2N2O3/c1-6-15-5-8(12(17)18)11(16-6)19-7-2-3-9(13)10(14)4-7/h2-5H,1H3,(H,17,18). The Balaban J connectivity index is 2.39. The molecule has 5 nitrogen and oxygen atoms in total. The minimum atomic E-state index is -1.17. The van der Waals surface area contributed by atoms with Crippen molar-refractivity contribution < 1.29 is 14.6 Å². The molecule has 1 heterocycles. The molecule has 0 spiro atoms. The van der Waals surface area contributed by atoms with Gasteiger partial charge in [-0.1, -0.05) is 23.2 Å². The number of hydrogen-bond acceptors (Lipinski definition) is 4. The lowest BCUT2D eigenvalue weighted by atomic mass is 10.3. The molecule has 19 heavy (non-hydrogen) atoms. The van der Waals surface area contributed by atoms with Crippen molar-refractivity contribution in [3.63, 3.8) is 0 Å². The highest BCUT2D eigenvalue weighted by Gasteiger charge is 2.15. The van der Waals surface area contributed by atoms with Gasteiger partial charge in [0.05, 0.1) is 10.0 Å². The topological polar surface area (TPSA) is 72.3 Å². The van der Waals surface area contributed by atoms with E-state index in [1.807, 2.05) is 0 Å². The largest absolute Gasteiger partial charge is 0.477 e. The van der Waals surface area contributed by atoms with E-state index in [-0.39, 0.29) is 11.4 Å². The maximum absolute atomic E-state index is 11.0. The van der Waals surface area contributed by atoms with Gasteiger partial charge in [-0.15, -0.1) is 0 Å². The fraction of sp³-hybridized carbons (Fsp3) is 0.0833. The summed E-state index contributed by atoms with van der Waals surface area (Å²) >= 11 is 11.6. The van der Waals surface area contributed by atoms with Crippen LogP contribution in [0.15, 0.2) is 24.4 Å². The van der Waals surface area contributed by atoms with Crippen molar-refractivity contribution in [3.8, 4) is 11.6 Å². The number of halogens is 2.